The molecule has 2 bridgehead atoms. The predicted octanol–water partition coefficient (Wildman–Crippen LogP) is 1.73. The summed E-state index contributed by atoms with van der Waals surface area (Å²) in [6.45, 7) is 0. The Morgan fingerprint density at radius 1 is 1.37 bits per heavy atom. The molecule has 2 fully saturated rings. The van der Waals surface area contributed by atoms with Crippen LogP contribution in [-0.2, 0) is 0 Å². The highest BCUT2D eigenvalue weighted by atomic mass is 35.5. The van der Waals surface area contributed by atoms with Crippen LogP contribution in [0.25, 0.3) is 0 Å². The molecule has 0 radical (unpaired) electrons. The second kappa shape index (κ2) is 5.92. The Morgan fingerprint density at radius 3 is 2.63 bits per heavy atom. The number of carbonyl (C=O) groups is 1. The molecule has 2 aliphatic carbocycles. The molecule has 2 atom stereocenters. The first kappa shape index (κ1) is 14.3. The Hall–Kier alpha value is -1.07. The highest BCUT2D eigenvalue weighted by Crippen LogP contribution is 2.39. The van der Waals surface area contributed by atoms with Crippen LogP contribution in [-0.4, -0.2) is 23.1 Å². The van der Waals surface area contributed by atoms with Gasteiger partial charge in [0.05, 0.1) is 0 Å². The van der Waals surface area contributed by atoms with Crippen molar-refractivity contribution in [2.24, 2.45) is 17.6 Å². The summed E-state index contributed by atoms with van der Waals surface area (Å²) >= 11 is 0. The van der Waals surface area contributed by atoms with Gasteiger partial charge in [-0.05, 0) is 37.5 Å². The van der Waals surface area contributed by atoms with Crippen molar-refractivity contribution in [3.63, 3.8) is 0 Å². The molecule has 3 N–H and O–H groups in total. The summed E-state index contributed by atoms with van der Waals surface area (Å²) in [4.78, 5) is 12.0. The van der Waals surface area contributed by atoms with Gasteiger partial charge in [0.1, 0.15) is 6.26 Å². The fourth-order valence-electron chi connectivity index (χ4n) is 3.58. The third kappa shape index (κ3) is 2.92. The molecule has 0 aliphatic heterocycles. The highest BCUT2D eigenvalue weighted by molar-refractivity contribution is 5.92. The van der Waals surface area contributed by atoms with Crippen LogP contribution in [0.3, 0.4) is 0 Å². The molecule has 1 heterocycles. The van der Waals surface area contributed by atoms with Gasteiger partial charge in [0.25, 0.3) is 5.91 Å². The molecule has 3 rings (SSSR count). The number of halogens is 1. The van der Waals surface area contributed by atoms with E-state index in [1.54, 1.807) is 6.07 Å². The van der Waals surface area contributed by atoms with E-state index in [9.17, 15) is 4.79 Å². The van der Waals surface area contributed by atoms with Gasteiger partial charge in [0.15, 0.2) is 5.69 Å². The fourth-order valence-corrected chi connectivity index (χ4v) is 3.58. The fraction of sp³-hybridized carbons (Fsp3) is 0.692. The normalized spacial score (nSPS) is 33.3. The second-order valence-corrected chi connectivity index (χ2v) is 5.57. The highest BCUT2D eigenvalue weighted by Gasteiger charge is 2.40. The van der Waals surface area contributed by atoms with E-state index in [2.05, 4.69) is 10.5 Å². The topological polar surface area (TPSA) is 81.1 Å². The number of amides is 1. The van der Waals surface area contributed by atoms with Crippen molar-refractivity contribution in [1.29, 1.82) is 0 Å². The molecular formula is C13H20ClN3O2. The summed E-state index contributed by atoms with van der Waals surface area (Å²) in [6, 6.07) is 2.17. The maximum atomic E-state index is 12.0. The van der Waals surface area contributed by atoms with E-state index in [0.29, 0.717) is 23.6 Å². The van der Waals surface area contributed by atoms with Crippen LogP contribution in [0.4, 0.5) is 0 Å². The van der Waals surface area contributed by atoms with Crippen molar-refractivity contribution in [2.45, 2.75) is 44.2 Å². The summed E-state index contributed by atoms with van der Waals surface area (Å²) in [6.07, 6.45) is 7.09. The van der Waals surface area contributed by atoms with Gasteiger partial charge in [-0.15, -0.1) is 12.4 Å². The lowest BCUT2D eigenvalue weighted by atomic mass is 9.67. The van der Waals surface area contributed by atoms with Crippen LogP contribution in [0.1, 0.15) is 42.6 Å². The van der Waals surface area contributed by atoms with Crippen LogP contribution < -0.4 is 11.1 Å². The number of aromatic nitrogens is 1. The molecule has 1 aromatic rings. The smallest absolute Gasteiger partial charge is 0.273 e. The average Bonchev–Trinajstić information content (AvgIpc) is 2.83. The Morgan fingerprint density at radius 2 is 2.05 bits per heavy atom. The van der Waals surface area contributed by atoms with Crippen molar-refractivity contribution in [2.75, 3.05) is 0 Å². The van der Waals surface area contributed by atoms with Crippen LogP contribution in [0, 0.1) is 11.8 Å². The van der Waals surface area contributed by atoms with Crippen LogP contribution in [0.15, 0.2) is 16.9 Å². The quantitative estimate of drug-likeness (QED) is 0.867. The maximum Gasteiger partial charge on any atom is 0.273 e. The number of nitrogens with two attached hydrogens (primary N) is 1. The molecule has 5 nitrogen and oxygen atoms in total. The maximum absolute atomic E-state index is 12.0. The van der Waals surface area contributed by atoms with E-state index in [-0.39, 0.29) is 24.4 Å². The minimum absolute atomic E-state index is 0. The number of nitrogens with zero attached hydrogens (tertiary/aromatic N) is 1. The molecule has 2 aliphatic rings. The van der Waals surface area contributed by atoms with Crippen molar-refractivity contribution in [3.8, 4) is 0 Å². The van der Waals surface area contributed by atoms with Gasteiger partial charge < -0.3 is 15.6 Å². The average molecular weight is 286 g/mol. The van der Waals surface area contributed by atoms with Crippen LogP contribution in [0.2, 0.25) is 0 Å². The number of hydrogen-bond acceptors (Lipinski definition) is 4. The molecule has 0 aromatic carbocycles. The molecule has 0 spiro atoms. The molecule has 0 saturated heterocycles. The van der Waals surface area contributed by atoms with E-state index in [1.807, 2.05) is 0 Å². The molecule has 6 heteroatoms. The Bertz CT molecular complexity index is 410. The number of hydrogen-bond donors (Lipinski definition) is 2. The Labute approximate surface area is 118 Å². The van der Waals surface area contributed by atoms with E-state index in [4.69, 9.17) is 10.3 Å². The minimum atomic E-state index is -0.124. The number of rotatable bonds is 2. The van der Waals surface area contributed by atoms with Gasteiger partial charge in [-0.3, -0.25) is 4.79 Å². The Balaban J connectivity index is 0.00000133. The van der Waals surface area contributed by atoms with Crippen LogP contribution >= 0.6 is 12.4 Å². The first-order valence-electron chi connectivity index (χ1n) is 6.71. The van der Waals surface area contributed by atoms with E-state index in [0.717, 1.165) is 12.8 Å². The summed E-state index contributed by atoms with van der Waals surface area (Å²) in [5.41, 5.74) is 6.44. The molecule has 19 heavy (non-hydrogen) atoms. The first-order valence-corrected chi connectivity index (χ1v) is 6.71. The minimum Gasteiger partial charge on any atom is -0.364 e. The van der Waals surface area contributed by atoms with Gasteiger partial charge in [0.2, 0.25) is 0 Å². The van der Waals surface area contributed by atoms with E-state index >= 15 is 0 Å². The lowest BCUT2D eigenvalue weighted by molar-refractivity contribution is 0.0748. The number of nitrogens with one attached hydrogen (secondary N) is 1. The largest absolute Gasteiger partial charge is 0.364 e. The number of carbonyl (C=O) groups excluding carboxylic acids is 1. The molecule has 2 saturated carbocycles. The molecule has 1 aromatic heterocycles. The summed E-state index contributed by atoms with van der Waals surface area (Å²) in [5, 5.41) is 6.81. The summed E-state index contributed by atoms with van der Waals surface area (Å²) in [5.74, 6) is 0.938. The van der Waals surface area contributed by atoms with E-state index in [1.165, 1.54) is 25.5 Å². The van der Waals surface area contributed by atoms with Crippen molar-refractivity contribution >= 4 is 18.3 Å². The Kier molecular flexibility index (Phi) is 4.47. The van der Waals surface area contributed by atoms with Crippen LogP contribution in [0.5, 0.6) is 0 Å². The second-order valence-electron chi connectivity index (χ2n) is 5.57. The number of fused-ring (bicyclic) bond motifs is 2. The zero-order chi connectivity index (χ0) is 12.5. The van der Waals surface area contributed by atoms with Crippen molar-refractivity contribution in [1.82, 2.24) is 10.5 Å². The third-order valence-corrected chi connectivity index (χ3v) is 4.34. The standard InChI is InChI=1S/C13H19N3O2.ClH/c14-10-6-8-2-1-3-9(7-10)12(8)15-13(17)11-4-5-18-16-11;/h4-5,8-10,12H,1-3,6-7,14H2,(H,15,17);1H. The van der Waals surface area contributed by atoms with E-state index < -0.39 is 0 Å². The van der Waals surface area contributed by atoms with Gasteiger partial charge >= 0.3 is 0 Å². The predicted molar refractivity (Wildman–Crippen MR) is 73.0 cm³/mol. The monoisotopic (exact) mass is 285 g/mol. The van der Waals surface area contributed by atoms with Crippen molar-refractivity contribution in [3.05, 3.63) is 18.0 Å². The first-order chi connectivity index (χ1) is 8.74. The van der Waals surface area contributed by atoms with Crippen molar-refractivity contribution < 1.29 is 9.32 Å². The third-order valence-electron chi connectivity index (χ3n) is 4.34. The molecule has 2 unspecified atom stereocenters. The summed E-state index contributed by atoms with van der Waals surface area (Å²) in [7, 11) is 0. The SMILES string of the molecule is Cl.NC1CC2CCCC(C1)C2NC(=O)c1ccon1. The van der Waals surface area contributed by atoms with Gasteiger partial charge in [-0.25, -0.2) is 0 Å². The zero-order valence-electron chi connectivity index (χ0n) is 10.7. The lowest BCUT2D eigenvalue weighted by Gasteiger charge is -2.45. The van der Waals surface area contributed by atoms with Gasteiger partial charge in [-0.2, -0.15) is 0 Å². The molecule has 1 amide bonds. The lowest BCUT2D eigenvalue weighted by Crippen LogP contribution is -2.53. The van der Waals surface area contributed by atoms with Gasteiger partial charge in [0, 0.05) is 18.2 Å². The molecular weight excluding hydrogens is 266 g/mol. The zero-order valence-corrected chi connectivity index (χ0v) is 11.6. The molecule has 106 valence electrons. The summed E-state index contributed by atoms with van der Waals surface area (Å²) < 4.78 is 4.71. The van der Waals surface area contributed by atoms with Gasteiger partial charge in [-0.1, -0.05) is 11.6 Å².